The molecule has 0 atom stereocenters. The van der Waals surface area contributed by atoms with E-state index in [-0.39, 0.29) is 0 Å². The van der Waals surface area contributed by atoms with Gasteiger partial charge in [-0.05, 0) is 13.0 Å². The van der Waals surface area contributed by atoms with Crippen molar-refractivity contribution in [2.24, 2.45) is 7.05 Å². The monoisotopic (exact) mass is 213 g/mol. The molecule has 1 N–H and O–H groups in total. The van der Waals surface area contributed by atoms with Crippen LogP contribution < -0.4 is 10.1 Å². The summed E-state index contributed by atoms with van der Waals surface area (Å²) in [6, 6.07) is 0. The molecule has 0 bridgehead atoms. The molecule has 0 spiro atoms. The van der Waals surface area contributed by atoms with E-state index in [1.807, 2.05) is 13.2 Å². The van der Waals surface area contributed by atoms with Crippen LogP contribution in [0.2, 0.25) is 0 Å². The number of rotatable bonds is 8. The van der Waals surface area contributed by atoms with Gasteiger partial charge in [-0.3, -0.25) is 4.68 Å². The van der Waals surface area contributed by atoms with Crippen LogP contribution in [0.5, 0.6) is 5.75 Å². The summed E-state index contributed by atoms with van der Waals surface area (Å²) in [7, 11) is 3.58. The molecule has 0 aromatic carbocycles. The van der Waals surface area contributed by atoms with Gasteiger partial charge in [0.1, 0.15) is 6.61 Å². The molecule has 0 saturated carbocycles. The summed E-state index contributed by atoms with van der Waals surface area (Å²) in [5.74, 6) is 0.816. The Labute approximate surface area is 90.4 Å². The van der Waals surface area contributed by atoms with Gasteiger partial charge in [0.2, 0.25) is 0 Å². The first-order chi connectivity index (χ1) is 7.33. The lowest BCUT2D eigenvalue weighted by Gasteiger charge is -2.05. The number of nitrogens with one attached hydrogen (secondary N) is 1. The zero-order valence-corrected chi connectivity index (χ0v) is 9.40. The summed E-state index contributed by atoms with van der Waals surface area (Å²) in [6.07, 6.45) is 4.60. The van der Waals surface area contributed by atoms with E-state index >= 15 is 0 Å². The predicted octanol–water partition coefficient (Wildman–Crippen LogP) is 0.425. The van der Waals surface area contributed by atoms with Crippen LogP contribution in [0, 0.1) is 0 Å². The molecular formula is C10H19N3O2. The Balaban J connectivity index is 1.93. The van der Waals surface area contributed by atoms with Crippen LogP contribution in [0.15, 0.2) is 12.4 Å². The highest BCUT2D eigenvalue weighted by Crippen LogP contribution is 2.05. The number of aryl methyl sites for hydroxylation is 1. The van der Waals surface area contributed by atoms with Crippen molar-refractivity contribution in [3.8, 4) is 5.75 Å². The summed E-state index contributed by atoms with van der Waals surface area (Å²) in [6.45, 7) is 3.28. The third-order valence-electron chi connectivity index (χ3n) is 1.93. The van der Waals surface area contributed by atoms with E-state index in [1.165, 1.54) is 0 Å². The number of hydrogen-bond donors (Lipinski definition) is 1. The van der Waals surface area contributed by atoms with E-state index in [0.29, 0.717) is 6.61 Å². The normalized spacial score (nSPS) is 10.5. The molecule has 0 aliphatic rings. The Hall–Kier alpha value is -1.07. The molecule has 86 valence electrons. The van der Waals surface area contributed by atoms with Crippen LogP contribution >= 0.6 is 0 Å². The van der Waals surface area contributed by atoms with E-state index < -0.39 is 0 Å². The molecule has 1 rings (SSSR count). The maximum absolute atomic E-state index is 5.46. The zero-order valence-electron chi connectivity index (χ0n) is 9.40. The lowest BCUT2D eigenvalue weighted by atomic mass is 10.4. The van der Waals surface area contributed by atoms with Crippen LogP contribution in [0.25, 0.3) is 0 Å². The molecule has 0 saturated heterocycles. The summed E-state index contributed by atoms with van der Waals surface area (Å²) >= 11 is 0. The predicted molar refractivity (Wildman–Crippen MR) is 58.1 cm³/mol. The first-order valence-electron chi connectivity index (χ1n) is 5.14. The number of nitrogens with zero attached hydrogens (tertiary/aromatic N) is 2. The summed E-state index contributed by atoms with van der Waals surface area (Å²) < 4.78 is 12.1. The Kier molecular flexibility index (Phi) is 5.80. The molecule has 0 fully saturated rings. The molecule has 1 aromatic heterocycles. The Morgan fingerprint density at radius 3 is 2.93 bits per heavy atom. The fourth-order valence-electron chi connectivity index (χ4n) is 1.18. The lowest BCUT2D eigenvalue weighted by molar-refractivity contribution is 0.193. The van der Waals surface area contributed by atoms with Crippen molar-refractivity contribution >= 4 is 0 Å². The first-order valence-corrected chi connectivity index (χ1v) is 5.14. The fourth-order valence-corrected chi connectivity index (χ4v) is 1.18. The van der Waals surface area contributed by atoms with E-state index in [0.717, 1.165) is 31.9 Å². The zero-order chi connectivity index (χ0) is 10.9. The lowest BCUT2D eigenvalue weighted by Crippen LogP contribution is -2.22. The molecule has 1 aromatic rings. The van der Waals surface area contributed by atoms with Crippen molar-refractivity contribution < 1.29 is 9.47 Å². The van der Waals surface area contributed by atoms with Crippen LogP contribution in [0.3, 0.4) is 0 Å². The number of aromatic nitrogens is 2. The van der Waals surface area contributed by atoms with E-state index in [4.69, 9.17) is 9.47 Å². The van der Waals surface area contributed by atoms with Crippen molar-refractivity contribution in [3.05, 3.63) is 12.4 Å². The average molecular weight is 213 g/mol. The molecule has 5 nitrogen and oxygen atoms in total. The van der Waals surface area contributed by atoms with Gasteiger partial charge in [-0.1, -0.05) is 0 Å². The van der Waals surface area contributed by atoms with Crippen molar-refractivity contribution in [1.82, 2.24) is 15.1 Å². The van der Waals surface area contributed by atoms with Crippen molar-refractivity contribution in [3.63, 3.8) is 0 Å². The highest BCUT2D eigenvalue weighted by atomic mass is 16.5. The first kappa shape index (κ1) is 12.0. The molecule has 1 heterocycles. The molecule has 0 aliphatic carbocycles. The Morgan fingerprint density at radius 1 is 1.40 bits per heavy atom. The van der Waals surface area contributed by atoms with Crippen LogP contribution in [-0.2, 0) is 11.8 Å². The van der Waals surface area contributed by atoms with E-state index in [1.54, 1.807) is 18.0 Å². The molecule has 0 unspecified atom stereocenters. The quantitative estimate of drug-likeness (QED) is 0.636. The molecular weight excluding hydrogens is 194 g/mol. The molecule has 0 amide bonds. The topological polar surface area (TPSA) is 48.3 Å². The number of methoxy groups -OCH3 is 1. The molecule has 0 radical (unpaired) electrons. The van der Waals surface area contributed by atoms with Crippen molar-refractivity contribution in [2.75, 3.05) is 33.4 Å². The third kappa shape index (κ3) is 5.39. The minimum atomic E-state index is 0.665. The summed E-state index contributed by atoms with van der Waals surface area (Å²) in [5.41, 5.74) is 0. The molecule has 5 heteroatoms. The van der Waals surface area contributed by atoms with Gasteiger partial charge in [-0.2, -0.15) is 5.10 Å². The maximum atomic E-state index is 5.46. The van der Waals surface area contributed by atoms with Gasteiger partial charge in [0.05, 0.1) is 12.4 Å². The molecule has 0 aliphatic heterocycles. The van der Waals surface area contributed by atoms with E-state index in [2.05, 4.69) is 10.4 Å². The second-order valence-corrected chi connectivity index (χ2v) is 3.29. The Bertz CT molecular complexity index is 263. The fraction of sp³-hybridized carbons (Fsp3) is 0.700. The van der Waals surface area contributed by atoms with Gasteiger partial charge in [-0.15, -0.1) is 0 Å². The second-order valence-electron chi connectivity index (χ2n) is 3.29. The highest BCUT2D eigenvalue weighted by Gasteiger charge is 1.95. The van der Waals surface area contributed by atoms with Crippen molar-refractivity contribution in [1.29, 1.82) is 0 Å². The van der Waals surface area contributed by atoms with Gasteiger partial charge in [0.25, 0.3) is 0 Å². The number of hydrogen-bond acceptors (Lipinski definition) is 4. The van der Waals surface area contributed by atoms with Gasteiger partial charge in [0.15, 0.2) is 5.75 Å². The highest BCUT2D eigenvalue weighted by molar-refractivity contribution is 5.11. The SMILES string of the molecule is COCCCNCCOc1cnn(C)c1. The minimum Gasteiger partial charge on any atom is -0.489 e. The Morgan fingerprint density at radius 2 is 2.27 bits per heavy atom. The standard InChI is InChI=1S/C10H19N3O2/c1-13-9-10(8-12-13)15-7-5-11-4-3-6-14-2/h8-9,11H,3-7H2,1-2H3. The van der Waals surface area contributed by atoms with Gasteiger partial charge < -0.3 is 14.8 Å². The molecule has 15 heavy (non-hydrogen) atoms. The summed E-state index contributed by atoms with van der Waals surface area (Å²) in [4.78, 5) is 0. The largest absolute Gasteiger partial charge is 0.489 e. The second kappa shape index (κ2) is 7.25. The van der Waals surface area contributed by atoms with Crippen molar-refractivity contribution in [2.45, 2.75) is 6.42 Å². The number of ether oxygens (including phenoxy) is 2. The van der Waals surface area contributed by atoms with E-state index in [9.17, 15) is 0 Å². The van der Waals surface area contributed by atoms with Gasteiger partial charge in [-0.25, -0.2) is 0 Å². The maximum Gasteiger partial charge on any atom is 0.157 e. The van der Waals surface area contributed by atoms with Crippen LogP contribution in [-0.4, -0.2) is 43.2 Å². The van der Waals surface area contributed by atoms with Crippen LogP contribution in [0.4, 0.5) is 0 Å². The third-order valence-corrected chi connectivity index (χ3v) is 1.93. The smallest absolute Gasteiger partial charge is 0.157 e. The van der Waals surface area contributed by atoms with Crippen LogP contribution in [0.1, 0.15) is 6.42 Å². The van der Waals surface area contributed by atoms with Gasteiger partial charge >= 0.3 is 0 Å². The minimum absolute atomic E-state index is 0.665. The van der Waals surface area contributed by atoms with Gasteiger partial charge in [0, 0.05) is 27.3 Å². The summed E-state index contributed by atoms with van der Waals surface area (Å²) in [5, 5.41) is 7.28. The average Bonchev–Trinajstić information content (AvgIpc) is 2.63.